The van der Waals surface area contributed by atoms with Crippen LogP contribution in [0.3, 0.4) is 0 Å². The first-order chi connectivity index (χ1) is 19.8. The van der Waals surface area contributed by atoms with Gasteiger partial charge in [-0.15, -0.1) is 0 Å². The number of para-hydroxylation sites is 1. The van der Waals surface area contributed by atoms with E-state index in [1.165, 1.54) is 22.7 Å². The molecule has 5 rings (SSSR count). The molecule has 0 N–H and O–H groups in total. The minimum atomic E-state index is -3.73. The molecule has 1 atom stereocenters. The van der Waals surface area contributed by atoms with Gasteiger partial charge < -0.3 is 4.90 Å². The molecule has 2 aliphatic rings. The molecule has 1 spiro atoms. The molecule has 12 heteroatoms. The maximum Gasteiger partial charge on any atom is 0.242 e. The molecule has 0 amide bonds. The second-order valence-corrected chi connectivity index (χ2v) is 16.5. The number of benzene rings is 3. The van der Waals surface area contributed by atoms with Crippen LogP contribution in [-0.2, 0) is 25.5 Å². The van der Waals surface area contributed by atoms with Crippen molar-refractivity contribution in [3.8, 4) is 0 Å². The first-order valence-corrected chi connectivity index (χ1v) is 18.2. The van der Waals surface area contributed by atoms with E-state index in [-0.39, 0.29) is 22.8 Å². The van der Waals surface area contributed by atoms with E-state index in [1.807, 2.05) is 30.3 Å². The fraction of sp³-hybridized carbons (Fsp3) is 0.400. The van der Waals surface area contributed by atoms with Crippen LogP contribution in [0.15, 0.2) is 71.6 Å². The molecular weight excluding hydrogens is 637 g/mol. The number of hydrogen-bond acceptors (Lipinski definition) is 5. The van der Waals surface area contributed by atoms with Crippen molar-refractivity contribution in [1.82, 2.24) is 9.21 Å². The summed E-state index contributed by atoms with van der Waals surface area (Å²) in [6.45, 7) is 3.13. The van der Waals surface area contributed by atoms with Crippen molar-refractivity contribution in [2.75, 3.05) is 50.3 Å². The number of nitrogens with zero attached hydrogens (tertiary/aromatic N) is 3. The SMILES string of the molecule is CN(CC(CCN1CCC2(CC1)CN(S(C)(=O)=O)c1ccccc12)c1ccc(Cl)c(Cl)c1)S(=O)(=O)c1ccc(Cl)cc1. The number of fused-ring (bicyclic) bond motifs is 2. The molecule has 1 unspecified atom stereocenters. The molecule has 1 saturated heterocycles. The Kier molecular flexibility index (Phi) is 9.22. The Morgan fingerprint density at radius 2 is 1.57 bits per heavy atom. The molecule has 2 aliphatic heterocycles. The third-order valence-corrected chi connectivity index (χ3v) is 12.6. The summed E-state index contributed by atoms with van der Waals surface area (Å²) in [6, 6.07) is 19.5. The van der Waals surface area contributed by atoms with Gasteiger partial charge in [0.2, 0.25) is 20.0 Å². The van der Waals surface area contributed by atoms with Gasteiger partial charge in [-0.05, 0) is 98.4 Å². The molecule has 0 aliphatic carbocycles. The van der Waals surface area contributed by atoms with E-state index in [4.69, 9.17) is 34.8 Å². The van der Waals surface area contributed by atoms with Crippen LogP contribution in [0.5, 0.6) is 0 Å². The molecule has 0 bridgehead atoms. The number of piperidine rings is 1. The van der Waals surface area contributed by atoms with Gasteiger partial charge in [-0.3, -0.25) is 4.31 Å². The third-order valence-electron chi connectivity index (χ3n) is 8.61. The summed E-state index contributed by atoms with van der Waals surface area (Å²) in [5.41, 5.74) is 2.62. The van der Waals surface area contributed by atoms with Crippen LogP contribution < -0.4 is 4.31 Å². The first kappa shape index (κ1) is 31.6. The van der Waals surface area contributed by atoms with Gasteiger partial charge in [0.25, 0.3) is 0 Å². The van der Waals surface area contributed by atoms with Crippen molar-refractivity contribution >= 4 is 60.5 Å². The lowest BCUT2D eigenvalue weighted by Gasteiger charge is -2.40. The predicted octanol–water partition coefficient (Wildman–Crippen LogP) is 6.25. The highest BCUT2D eigenvalue weighted by atomic mass is 35.5. The largest absolute Gasteiger partial charge is 0.303 e. The van der Waals surface area contributed by atoms with Crippen LogP contribution in [0, 0.1) is 0 Å². The van der Waals surface area contributed by atoms with Gasteiger partial charge in [0.05, 0.1) is 26.9 Å². The van der Waals surface area contributed by atoms with E-state index in [9.17, 15) is 16.8 Å². The van der Waals surface area contributed by atoms with E-state index in [2.05, 4.69) is 11.0 Å². The molecule has 0 aromatic heterocycles. The zero-order valence-electron chi connectivity index (χ0n) is 23.5. The predicted molar refractivity (Wildman–Crippen MR) is 171 cm³/mol. The summed E-state index contributed by atoms with van der Waals surface area (Å²) in [5.74, 6) is -0.129. The first-order valence-electron chi connectivity index (χ1n) is 13.8. The number of hydrogen-bond donors (Lipinski definition) is 0. The minimum absolute atomic E-state index is 0.129. The topological polar surface area (TPSA) is 78.0 Å². The smallest absolute Gasteiger partial charge is 0.242 e. The summed E-state index contributed by atoms with van der Waals surface area (Å²) in [6.07, 6.45) is 3.67. The van der Waals surface area contributed by atoms with Gasteiger partial charge in [0.1, 0.15) is 0 Å². The maximum atomic E-state index is 13.4. The normalized spacial score (nSPS) is 18.0. The van der Waals surface area contributed by atoms with Gasteiger partial charge in [-0.25, -0.2) is 21.1 Å². The molecule has 1 fully saturated rings. The number of anilines is 1. The molecule has 3 aromatic rings. The van der Waals surface area contributed by atoms with Crippen molar-refractivity contribution < 1.29 is 16.8 Å². The van der Waals surface area contributed by atoms with E-state index >= 15 is 0 Å². The maximum absolute atomic E-state index is 13.4. The fourth-order valence-corrected chi connectivity index (χ4v) is 8.82. The van der Waals surface area contributed by atoms with Gasteiger partial charge in [0.15, 0.2) is 0 Å². The molecule has 3 aromatic carbocycles. The van der Waals surface area contributed by atoms with Crippen LogP contribution in [0.4, 0.5) is 5.69 Å². The Hall–Kier alpha value is -1.85. The number of likely N-dealkylation sites (N-methyl/N-ethyl adjacent to an activating group) is 1. The van der Waals surface area contributed by atoms with E-state index in [0.29, 0.717) is 28.0 Å². The van der Waals surface area contributed by atoms with Crippen LogP contribution in [-0.4, -0.2) is 72.1 Å². The molecular formula is C30H34Cl3N3O4S2. The third kappa shape index (κ3) is 6.48. The highest BCUT2D eigenvalue weighted by molar-refractivity contribution is 7.92. The standard InChI is InChI=1S/C30H34Cl3N3O4S2/c1-34(42(39,40)25-10-8-24(31)9-11-25)20-23(22-7-12-27(32)28(33)19-22)13-16-35-17-14-30(15-18-35)21-36(41(2,37)38)29-6-4-3-5-26(29)30/h3-12,19,23H,13-18,20-21H2,1-2H3. The number of sulfonamides is 2. The van der Waals surface area contributed by atoms with Crippen molar-refractivity contribution in [3.05, 3.63) is 92.9 Å². The lowest BCUT2D eigenvalue weighted by molar-refractivity contribution is 0.162. The van der Waals surface area contributed by atoms with Crippen molar-refractivity contribution in [3.63, 3.8) is 0 Å². The molecule has 2 heterocycles. The Bertz CT molecular complexity index is 1660. The van der Waals surface area contributed by atoms with Crippen LogP contribution in [0.2, 0.25) is 15.1 Å². The summed E-state index contributed by atoms with van der Waals surface area (Å²) in [4.78, 5) is 2.57. The Morgan fingerprint density at radius 3 is 2.21 bits per heavy atom. The van der Waals surface area contributed by atoms with Gasteiger partial charge in [-0.1, -0.05) is 59.1 Å². The van der Waals surface area contributed by atoms with Crippen molar-refractivity contribution in [2.45, 2.75) is 35.5 Å². The molecule has 0 radical (unpaired) electrons. The zero-order valence-corrected chi connectivity index (χ0v) is 27.4. The average molecular weight is 671 g/mol. The lowest BCUT2D eigenvalue weighted by atomic mass is 9.74. The Balaban J connectivity index is 1.30. The molecule has 7 nitrogen and oxygen atoms in total. The van der Waals surface area contributed by atoms with E-state index in [0.717, 1.165) is 49.3 Å². The Labute approximate surface area is 264 Å². The molecule has 0 saturated carbocycles. The lowest BCUT2D eigenvalue weighted by Crippen LogP contribution is -2.46. The molecule has 226 valence electrons. The average Bonchev–Trinajstić information content (AvgIpc) is 3.28. The fourth-order valence-electron chi connectivity index (χ4n) is 6.18. The monoisotopic (exact) mass is 669 g/mol. The van der Waals surface area contributed by atoms with Crippen molar-refractivity contribution in [1.29, 1.82) is 0 Å². The molecule has 42 heavy (non-hydrogen) atoms. The second-order valence-electron chi connectivity index (χ2n) is 11.3. The van der Waals surface area contributed by atoms with E-state index < -0.39 is 20.0 Å². The van der Waals surface area contributed by atoms with Gasteiger partial charge in [-0.2, -0.15) is 0 Å². The number of likely N-dealkylation sites (tertiary alicyclic amines) is 1. The highest BCUT2D eigenvalue weighted by Crippen LogP contribution is 2.48. The van der Waals surface area contributed by atoms with E-state index in [1.54, 1.807) is 29.6 Å². The second kappa shape index (κ2) is 12.3. The Morgan fingerprint density at radius 1 is 0.905 bits per heavy atom. The van der Waals surface area contributed by atoms with Crippen LogP contribution in [0.1, 0.15) is 36.3 Å². The summed E-state index contributed by atoms with van der Waals surface area (Å²) in [5, 5.41) is 1.35. The summed E-state index contributed by atoms with van der Waals surface area (Å²) in [7, 11) is -5.52. The number of halogens is 3. The quantitative estimate of drug-likeness (QED) is 0.269. The summed E-state index contributed by atoms with van der Waals surface area (Å²) < 4.78 is 54.7. The highest BCUT2D eigenvalue weighted by Gasteiger charge is 2.46. The summed E-state index contributed by atoms with van der Waals surface area (Å²) >= 11 is 18.5. The zero-order chi connectivity index (χ0) is 30.3. The van der Waals surface area contributed by atoms with Gasteiger partial charge >= 0.3 is 0 Å². The number of rotatable bonds is 9. The minimum Gasteiger partial charge on any atom is -0.303 e. The van der Waals surface area contributed by atoms with Gasteiger partial charge in [0, 0.05) is 30.6 Å². The van der Waals surface area contributed by atoms with Crippen molar-refractivity contribution in [2.24, 2.45) is 0 Å². The van der Waals surface area contributed by atoms with Crippen LogP contribution >= 0.6 is 34.8 Å². The van der Waals surface area contributed by atoms with Crippen LogP contribution in [0.25, 0.3) is 0 Å².